The number of aryl methyl sites for hydroxylation is 1. The number of ketones is 1. The molecule has 208 valence electrons. The average molecular weight is 552 g/mol. The van der Waals surface area contributed by atoms with Crippen LogP contribution in [0.3, 0.4) is 0 Å². The lowest BCUT2D eigenvalue weighted by Crippen LogP contribution is -2.44. The van der Waals surface area contributed by atoms with Crippen molar-refractivity contribution in [2.24, 2.45) is 0 Å². The molecule has 4 aromatic rings. The Hall–Kier alpha value is -4.32. The summed E-state index contributed by atoms with van der Waals surface area (Å²) in [5.74, 6) is 0.0215. The standard InChI is InChI=1S/C28H28F3N7O2/c1-17-4-5-18(10-22(17)35-26-25-23(33-16-34-26)15-32-27(36-25)40-3)11-24(39)19-12-20(28(29,30)31)14-21(13-19)38-8-6-37(2)7-9-38/h4-5,10,12-16H,6-9,11H2,1-3H3,(H,33,34,35). The summed E-state index contributed by atoms with van der Waals surface area (Å²) in [6.45, 7) is 4.54. The number of carbonyl (C=O) groups is 1. The summed E-state index contributed by atoms with van der Waals surface area (Å²) in [4.78, 5) is 34.2. The largest absolute Gasteiger partial charge is 0.467 e. The minimum Gasteiger partial charge on any atom is -0.467 e. The molecule has 40 heavy (non-hydrogen) atoms. The molecule has 0 atom stereocenters. The number of alkyl halides is 3. The number of rotatable bonds is 7. The topological polar surface area (TPSA) is 96.4 Å². The quantitative estimate of drug-likeness (QED) is 0.329. The highest BCUT2D eigenvalue weighted by Gasteiger charge is 2.32. The number of methoxy groups -OCH3 is 1. The van der Waals surface area contributed by atoms with Gasteiger partial charge in [0.05, 0.1) is 18.9 Å². The predicted octanol–water partition coefficient (Wildman–Crippen LogP) is 4.68. The van der Waals surface area contributed by atoms with Crippen molar-refractivity contribution in [1.82, 2.24) is 24.8 Å². The van der Waals surface area contributed by atoms with E-state index < -0.39 is 17.5 Å². The van der Waals surface area contributed by atoms with E-state index >= 15 is 0 Å². The van der Waals surface area contributed by atoms with Gasteiger partial charge in [0.2, 0.25) is 0 Å². The van der Waals surface area contributed by atoms with E-state index in [1.807, 2.05) is 24.9 Å². The third-order valence-electron chi connectivity index (χ3n) is 6.89. The van der Waals surface area contributed by atoms with E-state index in [0.29, 0.717) is 46.9 Å². The van der Waals surface area contributed by atoms with Gasteiger partial charge in [-0.2, -0.15) is 18.2 Å². The molecule has 1 aliphatic rings. The van der Waals surface area contributed by atoms with Crippen LogP contribution in [0.5, 0.6) is 6.01 Å². The molecule has 1 aliphatic heterocycles. The Bertz CT molecular complexity index is 1550. The zero-order valence-electron chi connectivity index (χ0n) is 22.3. The van der Waals surface area contributed by atoms with Crippen molar-refractivity contribution in [3.8, 4) is 6.01 Å². The first-order valence-electron chi connectivity index (χ1n) is 12.7. The van der Waals surface area contributed by atoms with Gasteiger partial charge in [0, 0.05) is 49.5 Å². The number of nitrogens with zero attached hydrogens (tertiary/aromatic N) is 6. The van der Waals surface area contributed by atoms with Crippen LogP contribution in [0.2, 0.25) is 0 Å². The Balaban J connectivity index is 1.42. The monoisotopic (exact) mass is 551 g/mol. The highest BCUT2D eigenvalue weighted by Crippen LogP contribution is 2.34. The number of carbonyl (C=O) groups excluding carboxylic acids is 1. The number of fused-ring (bicyclic) bond motifs is 1. The van der Waals surface area contributed by atoms with Gasteiger partial charge in [-0.1, -0.05) is 12.1 Å². The van der Waals surface area contributed by atoms with E-state index in [2.05, 4.69) is 30.2 Å². The lowest BCUT2D eigenvalue weighted by molar-refractivity contribution is -0.137. The van der Waals surface area contributed by atoms with Crippen molar-refractivity contribution < 1.29 is 22.7 Å². The zero-order valence-corrected chi connectivity index (χ0v) is 22.3. The summed E-state index contributed by atoms with van der Waals surface area (Å²) < 4.78 is 46.4. The van der Waals surface area contributed by atoms with Crippen LogP contribution in [0.1, 0.15) is 27.0 Å². The lowest BCUT2D eigenvalue weighted by Gasteiger charge is -2.34. The summed E-state index contributed by atoms with van der Waals surface area (Å²) in [6.07, 6.45) is -1.72. The molecule has 0 spiro atoms. The van der Waals surface area contributed by atoms with E-state index in [1.165, 1.54) is 19.6 Å². The molecule has 12 heteroatoms. The number of halogens is 3. The van der Waals surface area contributed by atoms with Crippen molar-refractivity contribution in [1.29, 1.82) is 0 Å². The molecule has 9 nitrogen and oxygen atoms in total. The van der Waals surface area contributed by atoms with Crippen LogP contribution in [-0.2, 0) is 12.6 Å². The first kappa shape index (κ1) is 27.3. The number of hydrogen-bond acceptors (Lipinski definition) is 9. The summed E-state index contributed by atoms with van der Waals surface area (Å²) in [5.41, 5.74) is 2.77. The van der Waals surface area contributed by atoms with Gasteiger partial charge in [-0.3, -0.25) is 4.79 Å². The van der Waals surface area contributed by atoms with Gasteiger partial charge in [-0.25, -0.2) is 15.0 Å². The SMILES string of the molecule is COc1ncc2ncnc(Nc3cc(CC(=O)c4cc(N5CCN(C)CC5)cc(C(F)(F)F)c4)ccc3C)c2n1. The van der Waals surface area contributed by atoms with E-state index in [-0.39, 0.29) is 18.0 Å². The van der Waals surface area contributed by atoms with Gasteiger partial charge in [0.1, 0.15) is 17.4 Å². The molecule has 1 saturated heterocycles. The van der Waals surface area contributed by atoms with Crippen LogP contribution in [0.25, 0.3) is 11.0 Å². The van der Waals surface area contributed by atoms with Crippen LogP contribution in [-0.4, -0.2) is 71.0 Å². The fourth-order valence-electron chi connectivity index (χ4n) is 4.54. The number of likely N-dealkylation sites (N-methyl/N-ethyl adjacent to an activating group) is 1. The Kier molecular flexibility index (Phi) is 7.53. The summed E-state index contributed by atoms with van der Waals surface area (Å²) in [7, 11) is 3.43. The molecule has 2 aromatic heterocycles. The van der Waals surface area contributed by atoms with E-state index in [4.69, 9.17) is 4.74 Å². The van der Waals surface area contributed by atoms with Crippen molar-refractivity contribution in [2.75, 3.05) is 50.6 Å². The van der Waals surface area contributed by atoms with E-state index in [1.54, 1.807) is 18.2 Å². The average Bonchev–Trinajstić information content (AvgIpc) is 2.94. The van der Waals surface area contributed by atoms with Gasteiger partial charge in [-0.15, -0.1) is 0 Å². The highest BCUT2D eigenvalue weighted by atomic mass is 19.4. The molecular weight excluding hydrogens is 523 g/mol. The van der Waals surface area contributed by atoms with E-state index in [0.717, 1.165) is 30.8 Å². The summed E-state index contributed by atoms with van der Waals surface area (Å²) in [5, 5.41) is 3.24. The molecule has 0 amide bonds. The van der Waals surface area contributed by atoms with Crippen LogP contribution < -0.4 is 15.0 Å². The maximum absolute atomic E-state index is 13.8. The van der Waals surface area contributed by atoms with Crippen LogP contribution >= 0.6 is 0 Å². The normalized spacial score (nSPS) is 14.4. The molecule has 1 fully saturated rings. The molecular formula is C28H28F3N7O2. The zero-order chi connectivity index (χ0) is 28.4. The minimum atomic E-state index is -4.56. The van der Waals surface area contributed by atoms with Crippen LogP contribution in [0.4, 0.5) is 30.4 Å². The Morgan fingerprint density at radius 3 is 2.55 bits per heavy atom. The number of anilines is 3. The third-order valence-corrected chi connectivity index (χ3v) is 6.89. The fourth-order valence-corrected chi connectivity index (χ4v) is 4.54. The molecule has 0 unspecified atom stereocenters. The second-order valence-electron chi connectivity index (χ2n) is 9.74. The number of nitrogens with one attached hydrogen (secondary N) is 1. The van der Waals surface area contributed by atoms with Gasteiger partial charge in [0.15, 0.2) is 11.6 Å². The number of ether oxygens (including phenoxy) is 1. The third kappa shape index (κ3) is 5.96. The van der Waals surface area contributed by atoms with Gasteiger partial charge >= 0.3 is 12.2 Å². The fraction of sp³-hybridized carbons (Fsp3) is 0.321. The van der Waals surface area contributed by atoms with Crippen molar-refractivity contribution in [3.05, 3.63) is 71.2 Å². The Morgan fingerprint density at radius 1 is 1.05 bits per heavy atom. The Morgan fingerprint density at radius 2 is 1.82 bits per heavy atom. The second-order valence-corrected chi connectivity index (χ2v) is 9.74. The smallest absolute Gasteiger partial charge is 0.416 e. The highest BCUT2D eigenvalue weighted by molar-refractivity contribution is 5.99. The number of piperazine rings is 1. The van der Waals surface area contributed by atoms with Gasteiger partial charge in [-0.05, 0) is 49.4 Å². The van der Waals surface area contributed by atoms with Crippen molar-refractivity contribution >= 4 is 34.0 Å². The van der Waals surface area contributed by atoms with E-state index in [9.17, 15) is 18.0 Å². The number of Topliss-reactive ketones (excluding diaryl/α,β-unsaturated/α-hetero) is 1. The predicted molar refractivity (Wildman–Crippen MR) is 145 cm³/mol. The minimum absolute atomic E-state index is 0.0319. The maximum atomic E-state index is 13.8. The first-order chi connectivity index (χ1) is 19.1. The number of aromatic nitrogens is 4. The molecule has 2 aromatic carbocycles. The van der Waals surface area contributed by atoms with Crippen LogP contribution in [0, 0.1) is 6.92 Å². The summed E-state index contributed by atoms with van der Waals surface area (Å²) >= 11 is 0. The van der Waals surface area contributed by atoms with Crippen LogP contribution in [0.15, 0.2) is 48.9 Å². The molecule has 0 radical (unpaired) electrons. The molecule has 3 heterocycles. The lowest BCUT2D eigenvalue weighted by atomic mass is 9.98. The Labute approximate surface area is 229 Å². The maximum Gasteiger partial charge on any atom is 0.416 e. The molecule has 0 bridgehead atoms. The molecule has 0 saturated carbocycles. The van der Waals surface area contributed by atoms with Gasteiger partial charge in [0.25, 0.3) is 0 Å². The molecule has 1 N–H and O–H groups in total. The molecule has 0 aliphatic carbocycles. The summed E-state index contributed by atoms with van der Waals surface area (Å²) in [6, 6.07) is 9.21. The van der Waals surface area contributed by atoms with Crippen molar-refractivity contribution in [3.63, 3.8) is 0 Å². The van der Waals surface area contributed by atoms with Gasteiger partial charge < -0.3 is 19.9 Å². The second kappa shape index (κ2) is 11.0. The first-order valence-corrected chi connectivity index (χ1v) is 12.7. The molecule has 5 rings (SSSR count). The van der Waals surface area contributed by atoms with Crippen molar-refractivity contribution in [2.45, 2.75) is 19.5 Å². The number of benzene rings is 2. The number of hydrogen-bond donors (Lipinski definition) is 1.